The quantitative estimate of drug-likeness (QED) is 0.701. The number of hydrogen-bond acceptors (Lipinski definition) is 4. The summed E-state index contributed by atoms with van der Waals surface area (Å²) < 4.78 is 0. The van der Waals surface area contributed by atoms with Gasteiger partial charge in [0.25, 0.3) is 0 Å². The van der Waals surface area contributed by atoms with Crippen LogP contribution in [0, 0.1) is 6.92 Å². The zero-order chi connectivity index (χ0) is 17.2. The van der Waals surface area contributed by atoms with Crippen molar-refractivity contribution < 1.29 is 9.59 Å². The smallest absolute Gasteiger partial charge is 0.239 e. The van der Waals surface area contributed by atoms with Crippen molar-refractivity contribution >= 4 is 17.6 Å². The summed E-state index contributed by atoms with van der Waals surface area (Å²) >= 11 is 0. The molecule has 1 aromatic heterocycles. The molecule has 0 aliphatic carbocycles. The van der Waals surface area contributed by atoms with Gasteiger partial charge in [0.2, 0.25) is 11.8 Å². The van der Waals surface area contributed by atoms with Crippen LogP contribution < -0.4 is 5.32 Å². The fourth-order valence-corrected chi connectivity index (χ4v) is 2.02. The second kappa shape index (κ2) is 9.53. The second-order valence-electron chi connectivity index (χ2n) is 5.26. The van der Waals surface area contributed by atoms with Gasteiger partial charge < -0.3 is 10.2 Å². The van der Waals surface area contributed by atoms with Crippen molar-refractivity contribution in [2.45, 2.75) is 6.92 Å². The zero-order valence-electron chi connectivity index (χ0n) is 13.8. The molecule has 1 N–H and O–H groups in total. The normalized spacial score (nSPS) is 10.2. The summed E-state index contributed by atoms with van der Waals surface area (Å²) in [6.07, 6.45) is 3.33. The van der Waals surface area contributed by atoms with Crippen molar-refractivity contribution in [2.24, 2.45) is 0 Å². The molecule has 1 heterocycles. The fraction of sp³-hybridized carbons (Fsp3) is 0.353. The van der Waals surface area contributed by atoms with Crippen LogP contribution in [0.3, 0.4) is 0 Å². The standard InChI is InChI=1S/C17H24N4O2/c1-5-10-21(11-6-2)17(23)13-20(4)12-16(22)19-15-9-7-8-14(3)18-15/h5-9H,1-2,10-13H2,3-4H3,(H,18,19,22). The number of likely N-dealkylation sites (N-methyl/N-ethyl adjacent to an activating group) is 1. The maximum Gasteiger partial charge on any atom is 0.239 e. The van der Waals surface area contributed by atoms with Gasteiger partial charge in [0.05, 0.1) is 13.1 Å². The van der Waals surface area contributed by atoms with Gasteiger partial charge in [-0.15, -0.1) is 13.2 Å². The van der Waals surface area contributed by atoms with Crippen LogP contribution in [0.4, 0.5) is 5.82 Å². The summed E-state index contributed by atoms with van der Waals surface area (Å²) in [5.74, 6) is 0.223. The van der Waals surface area contributed by atoms with E-state index in [2.05, 4.69) is 23.5 Å². The van der Waals surface area contributed by atoms with Gasteiger partial charge in [-0.25, -0.2) is 4.98 Å². The van der Waals surface area contributed by atoms with E-state index in [1.54, 1.807) is 35.1 Å². The fourth-order valence-electron chi connectivity index (χ4n) is 2.02. The van der Waals surface area contributed by atoms with Crippen molar-refractivity contribution in [3.63, 3.8) is 0 Å². The maximum atomic E-state index is 12.2. The lowest BCUT2D eigenvalue weighted by molar-refractivity contribution is -0.131. The van der Waals surface area contributed by atoms with E-state index in [0.29, 0.717) is 18.9 Å². The Bertz CT molecular complexity index is 561. The average molecular weight is 316 g/mol. The highest BCUT2D eigenvalue weighted by Crippen LogP contribution is 2.03. The van der Waals surface area contributed by atoms with E-state index in [1.807, 2.05) is 19.1 Å². The van der Waals surface area contributed by atoms with Crippen LogP contribution in [0.15, 0.2) is 43.5 Å². The summed E-state index contributed by atoms with van der Waals surface area (Å²) in [6, 6.07) is 5.41. The van der Waals surface area contributed by atoms with Crippen LogP contribution in [-0.4, -0.2) is 59.8 Å². The highest BCUT2D eigenvalue weighted by atomic mass is 16.2. The van der Waals surface area contributed by atoms with Crippen molar-refractivity contribution in [2.75, 3.05) is 38.5 Å². The molecule has 0 bridgehead atoms. The van der Waals surface area contributed by atoms with Gasteiger partial charge in [-0.2, -0.15) is 0 Å². The number of nitrogens with zero attached hydrogens (tertiary/aromatic N) is 3. The molecule has 0 spiro atoms. The van der Waals surface area contributed by atoms with Gasteiger partial charge in [0.1, 0.15) is 5.82 Å². The molecule has 0 saturated heterocycles. The van der Waals surface area contributed by atoms with Gasteiger partial charge in [0, 0.05) is 18.8 Å². The molecule has 6 heteroatoms. The van der Waals surface area contributed by atoms with Crippen molar-refractivity contribution in [3.05, 3.63) is 49.2 Å². The second-order valence-corrected chi connectivity index (χ2v) is 5.26. The van der Waals surface area contributed by atoms with E-state index in [0.717, 1.165) is 5.69 Å². The minimum absolute atomic E-state index is 0.0752. The molecular formula is C17H24N4O2. The number of anilines is 1. The van der Waals surface area contributed by atoms with E-state index in [4.69, 9.17) is 0 Å². The number of aryl methyl sites for hydroxylation is 1. The molecule has 124 valence electrons. The van der Waals surface area contributed by atoms with Crippen LogP contribution >= 0.6 is 0 Å². The molecule has 0 aromatic carbocycles. The lowest BCUT2D eigenvalue weighted by Gasteiger charge is -2.23. The molecule has 1 aromatic rings. The minimum atomic E-state index is -0.211. The van der Waals surface area contributed by atoms with E-state index >= 15 is 0 Å². The molecule has 0 aliphatic rings. The molecule has 0 saturated carbocycles. The number of carbonyl (C=O) groups is 2. The molecule has 0 atom stereocenters. The summed E-state index contributed by atoms with van der Waals surface area (Å²) in [5, 5.41) is 2.72. The molecule has 6 nitrogen and oxygen atoms in total. The topological polar surface area (TPSA) is 65.5 Å². The molecule has 0 aliphatic heterocycles. The average Bonchev–Trinajstić information content (AvgIpc) is 2.46. The highest BCUT2D eigenvalue weighted by Gasteiger charge is 2.15. The van der Waals surface area contributed by atoms with E-state index < -0.39 is 0 Å². The minimum Gasteiger partial charge on any atom is -0.334 e. The van der Waals surface area contributed by atoms with E-state index in [1.165, 1.54) is 0 Å². The third-order valence-corrected chi connectivity index (χ3v) is 3.03. The monoisotopic (exact) mass is 316 g/mol. The Morgan fingerprint density at radius 1 is 1.22 bits per heavy atom. The molecule has 1 rings (SSSR count). The summed E-state index contributed by atoms with van der Waals surface area (Å²) in [7, 11) is 1.72. The maximum absolute atomic E-state index is 12.2. The molecule has 0 fully saturated rings. The first-order valence-corrected chi connectivity index (χ1v) is 7.38. The number of hydrogen-bond donors (Lipinski definition) is 1. The van der Waals surface area contributed by atoms with Gasteiger partial charge in [0.15, 0.2) is 0 Å². The van der Waals surface area contributed by atoms with Crippen molar-refractivity contribution in [1.82, 2.24) is 14.8 Å². The van der Waals surface area contributed by atoms with Gasteiger partial charge in [-0.05, 0) is 26.1 Å². The van der Waals surface area contributed by atoms with Gasteiger partial charge >= 0.3 is 0 Å². The Labute approximate surface area is 137 Å². The molecule has 23 heavy (non-hydrogen) atoms. The molecular weight excluding hydrogens is 292 g/mol. The van der Waals surface area contributed by atoms with E-state index in [9.17, 15) is 9.59 Å². The van der Waals surface area contributed by atoms with Gasteiger partial charge in [-0.3, -0.25) is 14.5 Å². The predicted octanol–water partition coefficient (Wildman–Crippen LogP) is 1.46. The number of aromatic nitrogens is 1. The van der Waals surface area contributed by atoms with Crippen LogP contribution in [0.2, 0.25) is 0 Å². The van der Waals surface area contributed by atoms with Crippen LogP contribution in [0.1, 0.15) is 5.69 Å². The van der Waals surface area contributed by atoms with Crippen LogP contribution in [0.5, 0.6) is 0 Å². The largest absolute Gasteiger partial charge is 0.334 e. The first kappa shape index (κ1) is 18.6. The lowest BCUT2D eigenvalue weighted by Crippen LogP contribution is -2.41. The SMILES string of the molecule is C=CCN(CC=C)C(=O)CN(C)CC(=O)Nc1cccc(C)n1. The zero-order valence-corrected chi connectivity index (χ0v) is 13.8. The number of pyridine rings is 1. The molecule has 2 amide bonds. The third-order valence-electron chi connectivity index (χ3n) is 3.03. The first-order chi connectivity index (χ1) is 11.0. The lowest BCUT2D eigenvalue weighted by atomic mass is 10.3. The first-order valence-electron chi connectivity index (χ1n) is 7.38. The Balaban J connectivity index is 2.49. The summed E-state index contributed by atoms with van der Waals surface area (Å²) in [5.41, 5.74) is 0.829. The van der Waals surface area contributed by atoms with E-state index in [-0.39, 0.29) is 24.9 Å². The summed E-state index contributed by atoms with van der Waals surface area (Å²) in [6.45, 7) is 10.3. The van der Waals surface area contributed by atoms with Gasteiger partial charge in [-0.1, -0.05) is 18.2 Å². The number of rotatable bonds is 9. The van der Waals surface area contributed by atoms with Crippen LogP contribution in [0.25, 0.3) is 0 Å². The Kier molecular flexibility index (Phi) is 7.70. The Hall–Kier alpha value is -2.47. The molecule has 0 radical (unpaired) electrons. The van der Waals surface area contributed by atoms with Crippen LogP contribution in [-0.2, 0) is 9.59 Å². The predicted molar refractivity (Wildman–Crippen MR) is 92.1 cm³/mol. The molecule has 0 unspecified atom stereocenters. The van der Waals surface area contributed by atoms with Crippen molar-refractivity contribution in [1.29, 1.82) is 0 Å². The van der Waals surface area contributed by atoms with Crippen molar-refractivity contribution in [3.8, 4) is 0 Å². The third kappa shape index (κ3) is 6.88. The number of carbonyl (C=O) groups excluding carboxylic acids is 2. The number of nitrogens with one attached hydrogen (secondary N) is 1. The Morgan fingerprint density at radius 3 is 2.43 bits per heavy atom. The number of amides is 2. The Morgan fingerprint density at radius 2 is 1.87 bits per heavy atom. The highest BCUT2D eigenvalue weighted by molar-refractivity contribution is 5.91. The summed E-state index contributed by atoms with van der Waals surface area (Å²) in [4.78, 5) is 31.6.